The lowest BCUT2D eigenvalue weighted by Crippen LogP contribution is -2.27. The zero-order valence-corrected chi connectivity index (χ0v) is 13.0. The number of nitrogens with zero attached hydrogens (tertiary/aromatic N) is 1. The smallest absolute Gasteiger partial charge is 0.303 e. The lowest BCUT2D eigenvalue weighted by molar-refractivity contribution is -0.137. The third-order valence-electron chi connectivity index (χ3n) is 3.75. The first-order chi connectivity index (χ1) is 11.0. The number of nitrogens with one attached hydrogen (secondary N) is 1. The van der Waals surface area contributed by atoms with E-state index in [0.29, 0.717) is 30.5 Å². The fourth-order valence-electron chi connectivity index (χ4n) is 2.47. The number of aryl methyl sites for hydroxylation is 1. The van der Waals surface area contributed by atoms with Gasteiger partial charge in [0.05, 0.1) is 11.1 Å². The van der Waals surface area contributed by atoms with E-state index in [9.17, 15) is 14.4 Å². The summed E-state index contributed by atoms with van der Waals surface area (Å²) in [5, 5.41) is 12.1. The minimum Gasteiger partial charge on any atom is -0.481 e. The van der Waals surface area contributed by atoms with Crippen LogP contribution in [0.4, 0.5) is 0 Å². The lowest BCUT2D eigenvalue weighted by Gasteiger charge is -2.10. The minimum absolute atomic E-state index is 0.146. The zero-order valence-electron chi connectivity index (χ0n) is 13.0. The van der Waals surface area contributed by atoms with Crippen LogP contribution in [0.25, 0.3) is 10.9 Å². The monoisotopic (exact) mass is 316 g/mol. The van der Waals surface area contributed by atoms with Crippen molar-refractivity contribution < 1.29 is 14.7 Å². The second-order valence-corrected chi connectivity index (χ2v) is 5.43. The Kier molecular flexibility index (Phi) is 5.51. The summed E-state index contributed by atoms with van der Waals surface area (Å²) in [5.74, 6) is -1.09. The van der Waals surface area contributed by atoms with Crippen LogP contribution >= 0.6 is 0 Å². The molecule has 0 spiro atoms. The molecular formula is C17H20N2O4. The average molecular weight is 316 g/mol. The Balaban J connectivity index is 2.03. The number of carboxylic acids is 1. The molecule has 0 aliphatic heterocycles. The van der Waals surface area contributed by atoms with E-state index in [1.807, 2.05) is 18.2 Å². The van der Waals surface area contributed by atoms with Crippen molar-refractivity contribution in [3.8, 4) is 0 Å². The first-order valence-corrected chi connectivity index (χ1v) is 7.59. The highest BCUT2D eigenvalue weighted by atomic mass is 16.4. The van der Waals surface area contributed by atoms with Gasteiger partial charge in [0.2, 0.25) is 0 Å². The topological polar surface area (TPSA) is 88.4 Å². The summed E-state index contributed by atoms with van der Waals surface area (Å²) in [5.41, 5.74) is 0.858. The van der Waals surface area contributed by atoms with E-state index in [-0.39, 0.29) is 17.9 Å². The van der Waals surface area contributed by atoms with Crippen molar-refractivity contribution in [2.75, 3.05) is 6.54 Å². The number of hydrogen-bond acceptors (Lipinski definition) is 3. The molecule has 2 rings (SSSR count). The van der Waals surface area contributed by atoms with Crippen LogP contribution in [0.1, 0.15) is 36.0 Å². The number of rotatable bonds is 7. The number of carbonyl (C=O) groups is 2. The number of benzene rings is 1. The van der Waals surface area contributed by atoms with Crippen molar-refractivity contribution in [2.24, 2.45) is 7.05 Å². The Morgan fingerprint density at radius 3 is 2.65 bits per heavy atom. The zero-order chi connectivity index (χ0) is 16.8. The van der Waals surface area contributed by atoms with E-state index in [2.05, 4.69) is 5.32 Å². The van der Waals surface area contributed by atoms with Crippen LogP contribution in [0.2, 0.25) is 0 Å². The Bertz CT molecular complexity index is 780. The molecular weight excluding hydrogens is 296 g/mol. The van der Waals surface area contributed by atoms with Gasteiger partial charge in [-0.3, -0.25) is 14.4 Å². The molecule has 2 N–H and O–H groups in total. The average Bonchev–Trinajstić information content (AvgIpc) is 2.53. The van der Waals surface area contributed by atoms with Crippen LogP contribution in [0, 0.1) is 0 Å². The number of para-hydroxylation sites is 1. The Morgan fingerprint density at radius 1 is 1.17 bits per heavy atom. The largest absolute Gasteiger partial charge is 0.481 e. The molecule has 6 nitrogen and oxygen atoms in total. The molecule has 0 radical (unpaired) electrons. The van der Waals surface area contributed by atoms with Crippen LogP contribution in [0.3, 0.4) is 0 Å². The summed E-state index contributed by atoms with van der Waals surface area (Å²) in [6.45, 7) is 0.460. The van der Waals surface area contributed by atoms with Crippen LogP contribution < -0.4 is 10.9 Å². The maximum Gasteiger partial charge on any atom is 0.303 e. The molecule has 2 aromatic rings. The Morgan fingerprint density at radius 2 is 1.91 bits per heavy atom. The summed E-state index contributed by atoms with van der Waals surface area (Å²) >= 11 is 0. The fourth-order valence-corrected chi connectivity index (χ4v) is 2.47. The van der Waals surface area contributed by atoms with Crippen LogP contribution in [-0.2, 0) is 11.8 Å². The first-order valence-electron chi connectivity index (χ1n) is 7.59. The first kappa shape index (κ1) is 16.7. The molecule has 1 heterocycles. The van der Waals surface area contributed by atoms with Crippen LogP contribution in [-0.4, -0.2) is 28.1 Å². The van der Waals surface area contributed by atoms with Crippen molar-refractivity contribution in [3.63, 3.8) is 0 Å². The van der Waals surface area contributed by atoms with Gasteiger partial charge in [0.1, 0.15) is 0 Å². The third-order valence-corrected chi connectivity index (χ3v) is 3.75. The molecule has 0 unspecified atom stereocenters. The van der Waals surface area contributed by atoms with Gasteiger partial charge in [-0.2, -0.15) is 0 Å². The molecule has 23 heavy (non-hydrogen) atoms. The molecule has 1 amide bonds. The second kappa shape index (κ2) is 7.58. The molecule has 0 aliphatic rings. The highest BCUT2D eigenvalue weighted by Gasteiger charge is 2.12. The van der Waals surface area contributed by atoms with E-state index >= 15 is 0 Å². The van der Waals surface area contributed by atoms with Crippen LogP contribution in [0.5, 0.6) is 0 Å². The number of amides is 1. The molecule has 1 aromatic carbocycles. The van der Waals surface area contributed by atoms with Gasteiger partial charge >= 0.3 is 5.97 Å². The number of carbonyl (C=O) groups excluding carboxylic acids is 1. The van der Waals surface area contributed by atoms with E-state index in [0.717, 1.165) is 11.8 Å². The predicted molar refractivity (Wildman–Crippen MR) is 87.6 cm³/mol. The third kappa shape index (κ3) is 4.18. The summed E-state index contributed by atoms with van der Waals surface area (Å²) in [6.07, 6.45) is 2.19. The molecule has 122 valence electrons. The summed E-state index contributed by atoms with van der Waals surface area (Å²) in [6, 6.07) is 8.62. The van der Waals surface area contributed by atoms with Crippen LogP contribution in [0.15, 0.2) is 35.1 Å². The van der Waals surface area contributed by atoms with Gasteiger partial charge in [-0.1, -0.05) is 24.6 Å². The Labute approximate surface area is 133 Å². The molecule has 1 aromatic heterocycles. The number of unbranched alkanes of at least 4 members (excludes halogenated alkanes) is 2. The number of fused-ring (bicyclic) bond motifs is 1. The lowest BCUT2D eigenvalue weighted by atomic mass is 10.1. The highest BCUT2D eigenvalue weighted by molar-refractivity contribution is 6.06. The standard InChI is InChI=1S/C17H20N2O4/c1-19-14-8-5-4-7-12(14)13(11-15(19)20)17(23)18-10-6-2-3-9-16(21)22/h4-5,7-8,11H,2-3,6,9-10H2,1H3,(H,18,23)(H,21,22). The van der Waals surface area contributed by atoms with Gasteiger partial charge in [0.15, 0.2) is 0 Å². The van der Waals surface area contributed by atoms with Gasteiger partial charge in [0, 0.05) is 31.5 Å². The highest BCUT2D eigenvalue weighted by Crippen LogP contribution is 2.16. The summed E-state index contributed by atoms with van der Waals surface area (Å²) in [7, 11) is 1.68. The number of pyridine rings is 1. The molecule has 0 aliphatic carbocycles. The predicted octanol–water partition coefficient (Wildman–Crippen LogP) is 1.91. The van der Waals surface area contributed by atoms with Crippen molar-refractivity contribution in [3.05, 3.63) is 46.2 Å². The number of carboxylic acid groups (broad SMARTS) is 1. The maximum atomic E-state index is 12.3. The molecule has 6 heteroatoms. The molecule has 0 bridgehead atoms. The quantitative estimate of drug-likeness (QED) is 0.764. The van der Waals surface area contributed by atoms with E-state index < -0.39 is 5.97 Å². The van der Waals surface area contributed by atoms with Gasteiger partial charge in [-0.15, -0.1) is 0 Å². The van der Waals surface area contributed by atoms with Crippen molar-refractivity contribution in [1.29, 1.82) is 0 Å². The Hall–Kier alpha value is -2.63. The number of aliphatic carboxylic acids is 1. The maximum absolute atomic E-state index is 12.3. The van der Waals surface area contributed by atoms with E-state index in [4.69, 9.17) is 5.11 Å². The van der Waals surface area contributed by atoms with E-state index in [1.54, 1.807) is 13.1 Å². The molecule has 0 atom stereocenters. The molecule has 0 saturated heterocycles. The van der Waals surface area contributed by atoms with Gasteiger partial charge in [-0.05, 0) is 18.9 Å². The molecule has 0 fully saturated rings. The summed E-state index contributed by atoms with van der Waals surface area (Å²) in [4.78, 5) is 34.7. The summed E-state index contributed by atoms with van der Waals surface area (Å²) < 4.78 is 1.51. The SMILES string of the molecule is Cn1c(=O)cc(C(=O)NCCCCCC(=O)O)c2ccccc21. The van der Waals surface area contributed by atoms with Crippen molar-refractivity contribution >= 4 is 22.8 Å². The number of aromatic nitrogens is 1. The van der Waals surface area contributed by atoms with Crippen molar-refractivity contribution in [1.82, 2.24) is 9.88 Å². The van der Waals surface area contributed by atoms with Gasteiger partial charge in [-0.25, -0.2) is 0 Å². The minimum atomic E-state index is -0.805. The van der Waals surface area contributed by atoms with E-state index in [1.165, 1.54) is 10.6 Å². The second-order valence-electron chi connectivity index (χ2n) is 5.43. The fraction of sp³-hybridized carbons (Fsp3) is 0.353. The van der Waals surface area contributed by atoms with Gasteiger partial charge in [0.25, 0.3) is 11.5 Å². The number of hydrogen-bond donors (Lipinski definition) is 2. The normalized spacial score (nSPS) is 10.7. The van der Waals surface area contributed by atoms with Gasteiger partial charge < -0.3 is 15.0 Å². The molecule has 0 saturated carbocycles. The van der Waals surface area contributed by atoms with Crippen molar-refractivity contribution in [2.45, 2.75) is 25.7 Å².